The van der Waals surface area contributed by atoms with Gasteiger partial charge in [0.1, 0.15) is 0 Å². The van der Waals surface area contributed by atoms with Gasteiger partial charge in [0.25, 0.3) is 0 Å². The number of fused-ring (bicyclic) bond motifs is 1. The van der Waals surface area contributed by atoms with Gasteiger partial charge >= 0.3 is 5.97 Å². The fraction of sp³-hybridized carbons (Fsp3) is 0. The number of carbonyl (C=O) groups is 1. The van der Waals surface area contributed by atoms with Gasteiger partial charge in [-0.1, -0.05) is 18.2 Å². The minimum Gasteiger partial charge on any atom is -0.478 e. The lowest BCUT2D eigenvalue weighted by Crippen LogP contribution is -2.01. The first-order valence-electron chi connectivity index (χ1n) is 5.60. The first kappa shape index (κ1) is 11.2. The third-order valence-corrected chi connectivity index (χ3v) is 2.82. The Bertz CT molecular complexity index is 779. The molecule has 0 aliphatic rings. The van der Waals surface area contributed by atoms with E-state index >= 15 is 0 Å². The fourth-order valence-electron chi connectivity index (χ4n) is 1.96. The van der Waals surface area contributed by atoms with Crippen molar-refractivity contribution in [3.63, 3.8) is 0 Å². The van der Waals surface area contributed by atoms with E-state index in [0.717, 1.165) is 0 Å². The summed E-state index contributed by atoms with van der Waals surface area (Å²) >= 11 is 0. The van der Waals surface area contributed by atoms with E-state index in [1.165, 1.54) is 6.07 Å². The second-order valence-electron chi connectivity index (χ2n) is 4.06. The second kappa shape index (κ2) is 4.09. The second-order valence-corrected chi connectivity index (χ2v) is 4.06. The molecule has 0 saturated carbocycles. The molecule has 94 valence electrons. The van der Waals surface area contributed by atoms with Gasteiger partial charge in [-0.25, -0.2) is 4.79 Å². The molecule has 0 aliphatic carbocycles. The zero-order valence-corrected chi connectivity index (χ0v) is 9.82. The van der Waals surface area contributed by atoms with Gasteiger partial charge in [0.05, 0.1) is 5.56 Å². The Hall–Kier alpha value is -2.89. The molecule has 6 heteroatoms. The van der Waals surface area contributed by atoms with E-state index in [9.17, 15) is 9.90 Å². The highest BCUT2D eigenvalue weighted by molar-refractivity contribution is 5.95. The number of hydrogen-bond donors (Lipinski definition) is 2. The van der Waals surface area contributed by atoms with Crippen molar-refractivity contribution in [1.82, 2.24) is 14.6 Å². The Morgan fingerprint density at radius 2 is 1.95 bits per heavy atom. The van der Waals surface area contributed by atoms with E-state index in [2.05, 4.69) is 10.2 Å². The number of rotatable bonds is 2. The van der Waals surface area contributed by atoms with Gasteiger partial charge in [0.2, 0.25) is 0 Å². The standard InChI is InChI=1S/C13H10N4O2/c14-8-5-6-11-15-16-12(17(11)7-8)9-3-1-2-4-10(9)13(18)19/h1-7H,14H2,(H,18,19). The van der Waals surface area contributed by atoms with Crippen LogP contribution in [0.4, 0.5) is 5.69 Å². The summed E-state index contributed by atoms with van der Waals surface area (Å²) in [5.41, 5.74) is 7.59. The van der Waals surface area contributed by atoms with Gasteiger partial charge in [-0.05, 0) is 18.2 Å². The molecule has 3 N–H and O–H groups in total. The van der Waals surface area contributed by atoms with Crippen LogP contribution < -0.4 is 5.73 Å². The quantitative estimate of drug-likeness (QED) is 0.725. The van der Waals surface area contributed by atoms with Crippen LogP contribution in [0.2, 0.25) is 0 Å². The highest BCUT2D eigenvalue weighted by Gasteiger charge is 2.15. The van der Waals surface area contributed by atoms with Crippen LogP contribution in [-0.2, 0) is 0 Å². The lowest BCUT2D eigenvalue weighted by molar-refractivity contribution is 0.0697. The van der Waals surface area contributed by atoms with Crippen molar-refractivity contribution in [2.45, 2.75) is 0 Å². The van der Waals surface area contributed by atoms with Gasteiger partial charge in [-0.15, -0.1) is 10.2 Å². The van der Waals surface area contributed by atoms with Crippen LogP contribution in [0, 0.1) is 0 Å². The Labute approximate surface area is 108 Å². The number of carboxylic acid groups (broad SMARTS) is 1. The number of benzene rings is 1. The molecule has 19 heavy (non-hydrogen) atoms. The average Bonchev–Trinajstić information content (AvgIpc) is 2.81. The molecule has 1 aromatic carbocycles. The maximum atomic E-state index is 11.2. The van der Waals surface area contributed by atoms with Crippen molar-refractivity contribution in [2.75, 3.05) is 5.73 Å². The molecule has 0 unspecified atom stereocenters. The molecule has 0 bridgehead atoms. The summed E-state index contributed by atoms with van der Waals surface area (Å²) in [6.45, 7) is 0. The highest BCUT2D eigenvalue weighted by atomic mass is 16.4. The molecule has 3 rings (SSSR count). The molecule has 0 aliphatic heterocycles. The number of pyridine rings is 1. The van der Waals surface area contributed by atoms with Crippen molar-refractivity contribution >= 4 is 17.3 Å². The molecular formula is C13H10N4O2. The van der Waals surface area contributed by atoms with Crippen LogP contribution >= 0.6 is 0 Å². The van der Waals surface area contributed by atoms with E-state index in [1.807, 2.05) is 0 Å². The lowest BCUT2D eigenvalue weighted by atomic mass is 10.1. The Balaban J connectivity index is 2.31. The van der Waals surface area contributed by atoms with Crippen LogP contribution in [0.1, 0.15) is 10.4 Å². The third kappa shape index (κ3) is 1.79. The molecular weight excluding hydrogens is 244 g/mol. The monoisotopic (exact) mass is 254 g/mol. The smallest absolute Gasteiger partial charge is 0.336 e. The van der Waals surface area contributed by atoms with E-state index in [1.54, 1.807) is 40.9 Å². The van der Waals surface area contributed by atoms with Crippen LogP contribution in [0.3, 0.4) is 0 Å². The molecule has 2 heterocycles. The molecule has 0 atom stereocenters. The minimum atomic E-state index is -1.00. The largest absolute Gasteiger partial charge is 0.478 e. The van der Waals surface area contributed by atoms with Crippen LogP contribution in [-0.4, -0.2) is 25.7 Å². The van der Waals surface area contributed by atoms with Crippen LogP contribution in [0.15, 0.2) is 42.6 Å². The zero-order chi connectivity index (χ0) is 13.4. The summed E-state index contributed by atoms with van der Waals surface area (Å²) in [5, 5.41) is 17.3. The normalized spacial score (nSPS) is 10.7. The number of anilines is 1. The topological polar surface area (TPSA) is 93.5 Å². The molecule has 3 aromatic rings. The molecule has 0 amide bonds. The summed E-state index contributed by atoms with van der Waals surface area (Å²) in [4.78, 5) is 11.2. The lowest BCUT2D eigenvalue weighted by Gasteiger charge is -2.04. The van der Waals surface area contributed by atoms with Crippen molar-refractivity contribution in [2.24, 2.45) is 0 Å². The highest BCUT2D eigenvalue weighted by Crippen LogP contribution is 2.23. The summed E-state index contributed by atoms with van der Waals surface area (Å²) < 4.78 is 1.68. The molecule has 0 fully saturated rings. The van der Waals surface area contributed by atoms with Gasteiger partial charge in [0, 0.05) is 17.4 Å². The number of aromatic carboxylic acids is 1. The summed E-state index contributed by atoms with van der Waals surface area (Å²) in [7, 11) is 0. The van der Waals surface area contributed by atoms with Gasteiger partial charge in [0.15, 0.2) is 11.5 Å². The molecule has 2 aromatic heterocycles. The van der Waals surface area contributed by atoms with E-state index in [0.29, 0.717) is 22.7 Å². The predicted molar refractivity (Wildman–Crippen MR) is 69.8 cm³/mol. The van der Waals surface area contributed by atoms with Gasteiger partial charge < -0.3 is 10.8 Å². The van der Waals surface area contributed by atoms with Crippen LogP contribution in [0.25, 0.3) is 17.0 Å². The Kier molecular flexibility index (Phi) is 2.42. The van der Waals surface area contributed by atoms with E-state index in [4.69, 9.17) is 5.73 Å². The number of nitrogen functional groups attached to an aromatic ring is 1. The first-order valence-corrected chi connectivity index (χ1v) is 5.60. The summed E-state index contributed by atoms with van der Waals surface area (Å²) in [5.74, 6) is -0.545. The van der Waals surface area contributed by atoms with E-state index < -0.39 is 5.97 Å². The van der Waals surface area contributed by atoms with Crippen LogP contribution in [0.5, 0.6) is 0 Å². The van der Waals surface area contributed by atoms with Gasteiger partial charge in [-0.2, -0.15) is 0 Å². The summed E-state index contributed by atoms with van der Waals surface area (Å²) in [6, 6.07) is 10.1. The van der Waals surface area contributed by atoms with Crippen molar-refractivity contribution < 1.29 is 9.90 Å². The maximum Gasteiger partial charge on any atom is 0.336 e. The number of nitrogens with zero attached hydrogens (tertiary/aromatic N) is 3. The maximum absolute atomic E-state index is 11.2. The zero-order valence-electron chi connectivity index (χ0n) is 9.82. The average molecular weight is 254 g/mol. The SMILES string of the molecule is Nc1ccc2nnc(-c3ccccc3C(=O)O)n2c1. The molecule has 0 radical (unpaired) electrons. The number of nitrogens with two attached hydrogens (primary N) is 1. The van der Waals surface area contributed by atoms with Crippen molar-refractivity contribution in [1.29, 1.82) is 0 Å². The summed E-state index contributed by atoms with van der Waals surface area (Å²) in [6.07, 6.45) is 1.67. The first-order chi connectivity index (χ1) is 9.16. The minimum absolute atomic E-state index is 0.180. The Morgan fingerprint density at radius 3 is 2.74 bits per heavy atom. The van der Waals surface area contributed by atoms with Crippen molar-refractivity contribution in [3.8, 4) is 11.4 Å². The molecule has 6 nitrogen and oxygen atoms in total. The van der Waals surface area contributed by atoms with E-state index in [-0.39, 0.29) is 5.56 Å². The third-order valence-electron chi connectivity index (χ3n) is 2.82. The van der Waals surface area contributed by atoms with Crippen molar-refractivity contribution in [3.05, 3.63) is 48.2 Å². The predicted octanol–water partition coefficient (Wildman–Crippen LogP) is 1.68. The number of carboxylic acids is 1. The molecule has 0 spiro atoms. The fourth-order valence-corrected chi connectivity index (χ4v) is 1.96. The number of aromatic nitrogens is 3. The number of hydrogen-bond acceptors (Lipinski definition) is 4. The molecule has 0 saturated heterocycles. The van der Waals surface area contributed by atoms with Gasteiger partial charge in [-0.3, -0.25) is 4.40 Å². The Morgan fingerprint density at radius 1 is 1.16 bits per heavy atom.